The van der Waals surface area contributed by atoms with Gasteiger partial charge in [-0.2, -0.15) is 0 Å². The first-order valence-electron chi connectivity index (χ1n) is 3.29. The fourth-order valence-electron chi connectivity index (χ4n) is 0.999. The van der Waals surface area contributed by atoms with Crippen molar-refractivity contribution in [2.75, 3.05) is 0 Å². The predicted molar refractivity (Wildman–Crippen MR) is 44.3 cm³/mol. The van der Waals surface area contributed by atoms with E-state index >= 15 is 0 Å². The van der Waals surface area contributed by atoms with Crippen LogP contribution < -0.4 is 0 Å². The number of thiophene rings is 1. The molecule has 1 nitrogen and oxygen atoms in total. The predicted octanol–water partition coefficient (Wildman–Crippen LogP) is 2.28. The van der Waals surface area contributed by atoms with Gasteiger partial charge in [0.15, 0.2) is 0 Å². The molecule has 10 heavy (non-hydrogen) atoms. The van der Waals surface area contributed by atoms with Gasteiger partial charge in [-0.1, -0.05) is 0 Å². The van der Waals surface area contributed by atoms with E-state index in [0.717, 1.165) is 4.88 Å². The summed E-state index contributed by atoms with van der Waals surface area (Å²) >= 11 is 1.61. The maximum atomic E-state index is 9.57. The van der Waals surface area contributed by atoms with Gasteiger partial charge in [-0.15, -0.1) is 11.3 Å². The molecule has 0 aliphatic heterocycles. The SMILES string of the molecule is Cc1ccsc1C(C)(C)O. The Hall–Kier alpha value is -0.340. The molecule has 0 atom stereocenters. The van der Waals surface area contributed by atoms with Gasteiger partial charge < -0.3 is 5.11 Å². The summed E-state index contributed by atoms with van der Waals surface area (Å²) in [4.78, 5) is 1.06. The maximum absolute atomic E-state index is 9.57. The molecular formula is C8H12OS. The van der Waals surface area contributed by atoms with Crippen LogP contribution in [0.4, 0.5) is 0 Å². The van der Waals surface area contributed by atoms with E-state index in [2.05, 4.69) is 0 Å². The van der Waals surface area contributed by atoms with Crippen LogP contribution in [0.15, 0.2) is 11.4 Å². The zero-order valence-corrected chi connectivity index (χ0v) is 7.33. The van der Waals surface area contributed by atoms with Crippen molar-refractivity contribution >= 4 is 11.3 Å². The highest BCUT2D eigenvalue weighted by Gasteiger charge is 2.18. The van der Waals surface area contributed by atoms with Crippen LogP contribution in [0.2, 0.25) is 0 Å². The molecule has 0 spiro atoms. The van der Waals surface area contributed by atoms with Crippen LogP contribution in [0, 0.1) is 6.92 Å². The second-order valence-corrected chi connectivity index (χ2v) is 3.91. The highest BCUT2D eigenvalue weighted by atomic mass is 32.1. The molecule has 1 heterocycles. The molecule has 0 aromatic carbocycles. The van der Waals surface area contributed by atoms with Gasteiger partial charge in [-0.05, 0) is 37.8 Å². The molecule has 0 fully saturated rings. The lowest BCUT2D eigenvalue weighted by atomic mass is 10.1. The van der Waals surface area contributed by atoms with Crippen molar-refractivity contribution < 1.29 is 5.11 Å². The van der Waals surface area contributed by atoms with Crippen LogP contribution in [-0.4, -0.2) is 5.11 Å². The Balaban J connectivity index is 3.05. The van der Waals surface area contributed by atoms with Crippen LogP contribution >= 0.6 is 11.3 Å². The summed E-state index contributed by atoms with van der Waals surface area (Å²) in [5.41, 5.74) is 0.510. The largest absolute Gasteiger partial charge is 0.385 e. The molecule has 1 aromatic rings. The van der Waals surface area contributed by atoms with E-state index in [0.29, 0.717) is 0 Å². The lowest BCUT2D eigenvalue weighted by molar-refractivity contribution is 0.0819. The van der Waals surface area contributed by atoms with Gasteiger partial charge in [-0.3, -0.25) is 0 Å². The number of aliphatic hydroxyl groups is 1. The van der Waals surface area contributed by atoms with Crippen molar-refractivity contribution in [1.82, 2.24) is 0 Å². The molecule has 0 saturated carbocycles. The second-order valence-electron chi connectivity index (χ2n) is 2.99. The summed E-state index contributed by atoms with van der Waals surface area (Å²) in [6.07, 6.45) is 0. The topological polar surface area (TPSA) is 20.2 Å². The summed E-state index contributed by atoms with van der Waals surface area (Å²) in [7, 11) is 0. The molecule has 0 amide bonds. The van der Waals surface area contributed by atoms with Crippen LogP contribution in [-0.2, 0) is 5.60 Å². The van der Waals surface area contributed by atoms with Crippen LogP contribution in [0.3, 0.4) is 0 Å². The third-order valence-electron chi connectivity index (χ3n) is 1.42. The minimum absolute atomic E-state index is 0.668. The molecule has 1 rings (SSSR count). The average molecular weight is 156 g/mol. The van der Waals surface area contributed by atoms with Gasteiger partial charge in [0, 0.05) is 4.88 Å². The van der Waals surface area contributed by atoms with Gasteiger partial charge in [-0.25, -0.2) is 0 Å². The van der Waals surface area contributed by atoms with Gasteiger partial charge >= 0.3 is 0 Å². The minimum atomic E-state index is -0.668. The Morgan fingerprint density at radius 2 is 2.10 bits per heavy atom. The molecule has 0 radical (unpaired) electrons. The van der Waals surface area contributed by atoms with E-state index in [1.807, 2.05) is 32.2 Å². The molecule has 2 heteroatoms. The third kappa shape index (κ3) is 1.39. The maximum Gasteiger partial charge on any atom is 0.0934 e. The Kier molecular flexibility index (Phi) is 1.84. The molecule has 0 aliphatic rings. The first-order valence-corrected chi connectivity index (χ1v) is 4.17. The van der Waals surface area contributed by atoms with E-state index in [9.17, 15) is 5.11 Å². The molecule has 0 unspecified atom stereocenters. The van der Waals surface area contributed by atoms with Crippen LogP contribution in [0.5, 0.6) is 0 Å². The first-order chi connectivity index (χ1) is 4.52. The number of hydrogen-bond acceptors (Lipinski definition) is 2. The summed E-state index contributed by atoms with van der Waals surface area (Å²) in [6, 6.07) is 2.03. The van der Waals surface area contributed by atoms with Gasteiger partial charge in [0.05, 0.1) is 5.60 Å². The number of rotatable bonds is 1. The van der Waals surface area contributed by atoms with Crippen molar-refractivity contribution in [2.45, 2.75) is 26.4 Å². The smallest absolute Gasteiger partial charge is 0.0934 e. The Morgan fingerprint density at radius 3 is 2.30 bits per heavy atom. The lowest BCUT2D eigenvalue weighted by Crippen LogP contribution is -2.14. The lowest BCUT2D eigenvalue weighted by Gasteiger charge is -2.15. The minimum Gasteiger partial charge on any atom is -0.385 e. The molecule has 56 valence electrons. The Labute approximate surface area is 65.3 Å². The fraction of sp³-hybridized carbons (Fsp3) is 0.500. The van der Waals surface area contributed by atoms with Crippen LogP contribution in [0.25, 0.3) is 0 Å². The highest BCUT2D eigenvalue weighted by molar-refractivity contribution is 7.10. The van der Waals surface area contributed by atoms with E-state index in [-0.39, 0.29) is 0 Å². The first kappa shape index (κ1) is 7.76. The Morgan fingerprint density at radius 1 is 1.50 bits per heavy atom. The zero-order valence-electron chi connectivity index (χ0n) is 6.51. The quantitative estimate of drug-likeness (QED) is 0.661. The molecule has 1 N–H and O–H groups in total. The van der Waals surface area contributed by atoms with Crippen molar-refractivity contribution in [3.8, 4) is 0 Å². The average Bonchev–Trinajstić information content (AvgIpc) is 2.11. The van der Waals surface area contributed by atoms with E-state index in [1.54, 1.807) is 11.3 Å². The van der Waals surface area contributed by atoms with Crippen molar-refractivity contribution in [3.05, 3.63) is 21.9 Å². The van der Waals surface area contributed by atoms with Crippen molar-refractivity contribution in [2.24, 2.45) is 0 Å². The standard InChI is InChI=1S/C8H12OS/c1-6-4-5-10-7(6)8(2,3)9/h4-5,9H,1-3H3. The van der Waals surface area contributed by atoms with E-state index in [4.69, 9.17) is 0 Å². The monoisotopic (exact) mass is 156 g/mol. The molecule has 1 aromatic heterocycles. The second kappa shape index (κ2) is 2.36. The highest BCUT2D eigenvalue weighted by Crippen LogP contribution is 2.27. The van der Waals surface area contributed by atoms with Crippen molar-refractivity contribution in [3.63, 3.8) is 0 Å². The van der Waals surface area contributed by atoms with Crippen molar-refractivity contribution in [1.29, 1.82) is 0 Å². The van der Waals surface area contributed by atoms with E-state index in [1.165, 1.54) is 5.56 Å². The third-order valence-corrected chi connectivity index (χ3v) is 2.75. The van der Waals surface area contributed by atoms with Gasteiger partial charge in [0.2, 0.25) is 0 Å². The van der Waals surface area contributed by atoms with Gasteiger partial charge in [0.1, 0.15) is 0 Å². The molecule has 0 saturated heterocycles. The summed E-state index contributed by atoms with van der Waals surface area (Å²) in [5.74, 6) is 0. The van der Waals surface area contributed by atoms with Crippen LogP contribution in [0.1, 0.15) is 24.3 Å². The zero-order chi connectivity index (χ0) is 7.78. The van der Waals surface area contributed by atoms with E-state index < -0.39 is 5.60 Å². The number of aryl methyl sites for hydroxylation is 1. The summed E-state index contributed by atoms with van der Waals surface area (Å²) in [6.45, 7) is 5.64. The molecule has 0 aliphatic carbocycles. The molecule has 0 bridgehead atoms. The Bertz CT molecular complexity index is 219. The number of hydrogen-bond donors (Lipinski definition) is 1. The van der Waals surface area contributed by atoms with Gasteiger partial charge in [0.25, 0.3) is 0 Å². The fourth-order valence-corrected chi connectivity index (χ4v) is 1.95. The normalized spacial score (nSPS) is 12.0. The summed E-state index contributed by atoms with van der Waals surface area (Å²) < 4.78 is 0. The molecular weight excluding hydrogens is 144 g/mol. The summed E-state index contributed by atoms with van der Waals surface area (Å²) in [5, 5.41) is 11.6.